The summed E-state index contributed by atoms with van der Waals surface area (Å²) < 4.78 is 0. The number of para-hydroxylation sites is 2. The molecule has 0 radical (unpaired) electrons. The number of rotatable bonds is 6. The molecule has 2 aromatic carbocycles. The lowest BCUT2D eigenvalue weighted by Gasteiger charge is -2.31. The number of nitro benzene ring substituents is 1. The fraction of sp³-hybridized carbons (Fsp3) is 0.318. The van der Waals surface area contributed by atoms with Crippen molar-refractivity contribution in [1.82, 2.24) is 15.2 Å². The van der Waals surface area contributed by atoms with Gasteiger partial charge in [0.05, 0.1) is 10.5 Å². The van der Waals surface area contributed by atoms with Crippen molar-refractivity contribution in [2.24, 2.45) is 5.92 Å². The highest BCUT2D eigenvalue weighted by Gasteiger charge is 2.22. The van der Waals surface area contributed by atoms with Gasteiger partial charge in [0.2, 0.25) is 0 Å². The smallest absolute Gasteiger partial charge is 0.273 e. The fourth-order valence-corrected chi connectivity index (χ4v) is 4.00. The van der Waals surface area contributed by atoms with Crippen LogP contribution in [0.4, 0.5) is 5.69 Å². The molecular weight excluding hydrogens is 368 g/mol. The standard InChI is InChI=1S/C22H24N4O3/c27-22(19-14-23-20-7-3-2-6-18(19)20)24-13-16-9-11-25(12-10-16)15-17-5-1-4-8-21(17)26(28)29/h1-8,14,16,23H,9-13,15H2,(H,24,27). The quantitative estimate of drug-likeness (QED) is 0.494. The van der Waals surface area contributed by atoms with Crippen molar-refractivity contribution in [2.45, 2.75) is 19.4 Å². The second-order valence-corrected chi connectivity index (χ2v) is 7.56. The average Bonchev–Trinajstić information content (AvgIpc) is 3.17. The summed E-state index contributed by atoms with van der Waals surface area (Å²) in [6.07, 6.45) is 3.69. The van der Waals surface area contributed by atoms with Gasteiger partial charge < -0.3 is 10.3 Å². The van der Waals surface area contributed by atoms with Gasteiger partial charge in [0.15, 0.2) is 0 Å². The molecular formula is C22H24N4O3. The third-order valence-corrected chi connectivity index (χ3v) is 5.67. The van der Waals surface area contributed by atoms with E-state index in [0.29, 0.717) is 24.6 Å². The number of nitrogens with one attached hydrogen (secondary N) is 2. The molecule has 4 rings (SSSR count). The van der Waals surface area contributed by atoms with Crippen LogP contribution in [0.25, 0.3) is 10.9 Å². The van der Waals surface area contributed by atoms with E-state index in [-0.39, 0.29) is 16.5 Å². The van der Waals surface area contributed by atoms with Crippen molar-refractivity contribution in [3.8, 4) is 0 Å². The molecule has 1 aliphatic heterocycles. The maximum Gasteiger partial charge on any atom is 0.273 e. The number of aromatic nitrogens is 1. The third-order valence-electron chi connectivity index (χ3n) is 5.67. The van der Waals surface area contributed by atoms with Crippen molar-refractivity contribution in [2.75, 3.05) is 19.6 Å². The number of likely N-dealkylation sites (tertiary alicyclic amines) is 1. The van der Waals surface area contributed by atoms with Gasteiger partial charge in [-0.2, -0.15) is 0 Å². The zero-order valence-corrected chi connectivity index (χ0v) is 16.1. The van der Waals surface area contributed by atoms with E-state index in [1.54, 1.807) is 18.3 Å². The predicted molar refractivity (Wildman–Crippen MR) is 112 cm³/mol. The summed E-state index contributed by atoms with van der Waals surface area (Å²) in [7, 11) is 0. The molecule has 1 aliphatic rings. The predicted octanol–water partition coefficient (Wildman–Crippen LogP) is 3.72. The Balaban J connectivity index is 1.28. The van der Waals surface area contributed by atoms with E-state index in [1.807, 2.05) is 36.4 Å². The Morgan fingerprint density at radius 2 is 1.86 bits per heavy atom. The number of amides is 1. The molecule has 1 aromatic heterocycles. The van der Waals surface area contributed by atoms with Gasteiger partial charge in [-0.15, -0.1) is 0 Å². The van der Waals surface area contributed by atoms with Gasteiger partial charge >= 0.3 is 0 Å². The fourth-order valence-electron chi connectivity index (χ4n) is 4.00. The lowest BCUT2D eigenvalue weighted by Crippen LogP contribution is -2.38. The van der Waals surface area contributed by atoms with Crippen molar-refractivity contribution < 1.29 is 9.72 Å². The maximum absolute atomic E-state index is 12.6. The summed E-state index contributed by atoms with van der Waals surface area (Å²) in [5.74, 6) is 0.371. The first-order chi connectivity index (χ1) is 14.1. The summed E-state index contributed by atoms with van der Waals surface area (Å²) in [5, 5.41) is 15.2. The number of nitro groups is 1. The molecule has 29 heavy (non-hydrogen) atoms. The number of H-pyrrole nitrogens is 1. The number of carbonyl (C=O) groups excluding carboxylic acids is 1. The molecule has 0 unspecified atom stereocenters. The highest BCUT2D eigenvalue weighted by Crippen LogP contribution is 2.23. The molecule has 0 atom stereocenters. The zero-order valence-electron chi connectivity index (χ0n) is 16.1. The summed E-state index contributed by atoms with van der Waals surface area (Å²) >= 11 is 0. The molecule has 2 heterocycles. The molecule has 1 fully saturated rings. The number of carbonyl (C=O) groups is 1. The van der Waals surface area contributed by atoms with Gasteiger partial charge in [-0.05, 0) is 37.9 Å². The van der Waals surface area contributed by atoms with Crippen LogP contribution in [0.15, 0.2) is 54.7 Å². The van der Waals surface area contributed by atoms with Crippen LogP contribution in [0.3, 0.4) is 0 Å². The molecule has 0 saturated carbocycles. The van der Waals surface area contributed by atoms with Crippen LogP contribution in [0.2, 0.25) is 0 Å². The van der Waals surface area contributed by atoms with Crippen LogP contribution in [-0.4, -0.2) is 40.3 Å². The summed E-state index contributed by atoms with van der Waals surface area (Å²) in [6, 6.07) is 14.7. The molecule has 0 bridgehead atoms. The first-order valence-electron chi connectivity index (χ1n) is 9.91. The van der Waals surface area contributed by atoms with Gasteiger partial charge in [0.25, 0.3) is 11.6 Å². The molecule has 7 nitrogen and oxygen atoms in total. The first-order valence-corrected chi connectivity index (χ1v) is 9.91. The molecule has 1 saturated heterocycles. The second-order valence-electron chi connectivity index (χ2n) is 7.56. The van der Waals surface area contributed by atoms with E-state index >= 15 is 0 Å². The highest BCUT2D eigenvalue weighted by molar-refractivity contribution is 6.06. The van der Waals surface area contributed by atoms with E-state index in [4.69, 9.17) is 0 Å². The van der Waals surface area contributed by atoms with Crippen LogP contribution in [0.1, 0.15) is 28.8 Å². The van der Waals surface area contributed by atoms with Crippen LogP contribution in [0.5, 0.6) is 0 Å². The van der Waals surface area contributed by atoms with E-state index < -0.39 is 0 Å². The van der Waals surface area contributed by atoms with E-state index in [1.165, 1.54) is 0 Å². The van der Waals surface area contributed by atoms with Crippen LogP contribution >= 0.6 is 0 Å². The van der Waals surface area contributed by atoms with E-state index in [9.17, 15) is 14.9 Å². The Bertz CT molecular complexity index is 1020. The van der Waals surface area contributed by atoms with Gasteiger partial charge in [-0.3, -0.25) is 19.8 Å². The van der Waals surface area contributed by atoms with Gasteiger partial charge in [0.1, 0.15) is 0 Å². The van der Waals surface area contributed by atoms with E-state index in [0.717, 1.165) is 42.4 Å². The average molecular weight is 392 g/mol. The number of hydrogen-bond acceptors (Lipinski definition) is 4. The maximum atomic E-state index is 12.6. The molecule has 0 spiro atoms. The Labute approximate surface area is 168 Å². The Morgan fingerprint density at radius 1 is 1.14 bits per heavy atom. The summed E-state index contributed by atoms with van der Waals surface area (Å²) in [4.78, 5) is 28.8. The number of benzene rings is 2. The molecule has 150 valence electrons. The van der Waals surface area contributed by atoms with Crippen molar-refractivity contribution in [1.29, 1.82) is 0 Å². The monoisotopic (exact) mass is 392 g/mol. The van der Waals surface area contributed by atoms with Gasteiger partial charge in [0, 0.05) is 41.8 Å². The molecule has 0 aliphatic carbocycles. The SMILES string of the molecule is O=C(NCC1CCN(Cc2ccccc2[N+](=O)[O-])CC1)c1c[nH]c2ccccc12. The lowest BCUT2D eigenvalue weighted by molar-refractivity contribution is -0.385. The number of hydrogen-bond donors (Lipinski definition) is 2. The molecule has 1 amide bonds. The molecule has 3 aromatic rings. The third kappa shape index (κ3) is 4.30. The zero-order chi connectivity index (χ0) is 20.2. The van der Waals surface area contributed by atoms with E-state index in [2.05, 4.69) is 15.2 Å². The minimum absolute atomic E-state index is 0.0511. The molecule has 2 N–H and O–H groups in total. The summed E-state index contributed by atoms with van der Waals surface area (Å²) in [5.41, 5.74) is 2.57. The number of piperidine rings is 1. The highest BCUT2D eigenvalue weighted by atomic mass is 16.6. The minimum Gasteiger partial charge on any atom is -0.360 e. The largest absolute Gasteiger partial charge is 0.360 e. The minimum atomic E-state index is -0.317. The topological polar surface area (TPSA) is 91.3 Å². The normalized spacial score (nSPS) is 15.4. The second kappa shape index (κ2) is 8.45. The van der Waals surface area contributed by atoms with Gasteiger partial charge in [-0.1, -0.05) is 36.4 Å². The summed E-state index contributed by atoms with van der Waals surface area (Å²) in [6.45, 7) is 2.99. The Kier molecular flexibility index (Phi) is 5.57. The first kappa shape index (κ1) is 19.1. The number of fused-ring (bicyclic) bond motifs is 1. The van der Waals surface area contributed by atoms with Crippen LogP contribution in [-0.2, 0) is 6.54 Å². The lowest BCUT2D eigenvalue weighted by atomic mass is 9.96. The number of nitrogens with zero attached hydrogens (tertiary/aromatic N) is 2. The Morgan fingerprint density at radius 3 is 2.66 bits per heavy atom. The van der Waals surface area contributed by atoms with Crippen molar-refractivity contribution in [3.05, 3.63) is 76.0 Å². The van der Waals surface area contributed by atoms with Gasteiger partial charge in [-0.25, -0.2) is 0 Å². The number of aromatic amines is 1. The Hall–Kier alpha value is -3.19. The molecule has 7 heteroatoms. The van der Waals surface area contributed by atoms with Crippen molar-refractivity contribution in [3.63, 3.8) is 0 Å². The van der Waals surface area contributed by atoms with Crippen LogP contribution < -0.4 is 5.32 Å². The van der Waals surface area contributed by atoms with Crippen LogP contribution in [0, 0.1) is 16.0 Å². The van der Waals surface area contributed by atoms with Crippen molar-refractivity contribution >= 4 is 22.5 Å².